The molecule has 0 aliphatic carbocycles. The molecule has 0 aliphatic rings. The summed E-state index contributed by atoms with van der Waals surface area (Å²) < 4.78 is 17.6. The van der Waals surface area contributed by atoms with Crippen molar-refractivity contribution in [1.29, 1.82) is 0 Å². The van der Waals surface area contributed by atoms with E-state index in [4.69, 9.17) is 9.42 Å². The van der Waals surface area contributed by atoms with Gasteiger partial charge in [0.25, 0.3) is 0 Å². The molecule has 6 heteroatoms. The highest BCUT2D eigenvalue weighted by Gasteiger charge is 2.24. The van der Waals surface area contributed by atoms with Gasteiger partial charge in [-0.05, 0) is 19.3 Å². The summed E-state index contributed by atoms with van der Waals surface area (Å²) in [5.74, 6) is 0. The summed E-state index contributed by atoms with van der Waals surface area (Å²) in [6.07, 6.45) is 0. The number of hydrogen-bond donors (Lipinski definition) is 1. The molecule has 0 bridgehead atoms. The summed E-state index contributed by atoms with van der Waals surface area (Å²) in [6, 6.07) is 0. The van der Waals surface area contributed by atoms with Crippen LogP contribution in [0.5, 0.6) is 0 Å². The molecular weight excluding hydrogens is 239 g/mol. The first kappa shape index (κ1) is 14.4. The van der Waals surface area contributed by atoms with E-state index in [2.05, 4.69) is 25.9 Å². The molecule has 1 unspecified atom stereocenters. The van der Waals surface area contributed by atoms with Crippen molar-refractivity contribution in [3.05, 3.63) is 17.0 Å². The molecule has 0 fully saturated rings. The Morgan fingerprint density at radius 2 is 1.94 bits per heavy atom. The van der Waals surface area contributed by atoms with Gasteiger partial charge >= 0.3 is 7.60 Å². The van der Waals surface area contributed by atoms with Crippen LogP contribution in [0, 0.1) is 13.8 Å². The molecule has 0 aliphatic heterocycles. The second-order valence-electron chi connectivity index (χ2n) is 5.36. The lowest BCUT2D eigenvalue weighted by Crippen LogP contribution is -2.14. The molecule has 0 saturated carbocycles. The first-order valence-corrected chi connectivity index (χ1v) is 7.54. The second kappa shape index (κ2) is 4.56. The normalized spacial score (nSPS) is 15.9. The highest BCUT2D eigenvalue weighted by Crippen LogP contribution is 2.37. The minimum atomic E-state index is -3.46. The number of aryl methyl sites for hydroxylation is 1. The molecule has 0 spiro atoms. The van der Waals surface area contributed by atoms with Crippen molar-refractivity contribution >= 4 is 7.60 Å². The molecule has 0 amide bonds. The second-order valence-corrected chi connectivity index (χ2v) is 7.22. The third kappa shape index (κ3) is 3.66. The van der Waals surface area contributed by atoms with Gasteiger partial charge in [0.1, 0.15) is 6.73 Å². The smallest absolute Gasteiger partial charge is 0.324 e. The first-order valence-electron chi connectivity index (χ1n) is 5.51. The number of nitrogens with zero attached hydrogens (tertiary/aromatic N) is 2. The third-order valence-electron chi connectivity index (χ3n) is 2.55. The van der Waals surface area contributed by atoms with E-state index in [0.29, 0.717) is 0 Å². The predicted octanol–water partition coefficient (Wildman–Crippen LogP) is 2.59. The number of aromatic nitrogens is 2. The summed E-state index contributed by atoms with van der Waals surface area (Å²) >= 11 is 0. The quantitative estimate of drug-likeness (QED) is 0.848. The molecule has 17 heavy (non-hydrogen) atoms. The fourth-order valence-corrected chi connectivity index (χ4v) is 2.39. The van der Waals surface area contributed by atoms with E-state index in [1.165, 1.54) is 6.66 Å². The van der Waals surface area contributed by atoms with Gasteiger partial charge < -0.3 is 4.89 Å². The Bertz CT molecular complexity index is 454. The first-order chi connectivity index (χ1) is 7.52. The van der Waals surface area contributed by atoms with Crippen LogP contribution in [0.3, 0.4) is 0 Å². The lowest BCUT2D eigenvalue weighted by molar-refractivity contribution is 0.190. The van der Waals surface area contributed by atoms with Crippen LogP contribution < -0.4 is 0 Å². The van der Waals surface area contributed by atoms with Crippen LogP contribution in [-0.4, -0.2) is 21.3 Å². The maximum Gasteiger partial charge on any atom is 0.326 e. The highest BCUT2D eigenvalue weighted by atomic mass is 31.2. The van der Waals surface area contributed by atoms with Gasteiger partial charge in [0.2, 0.25) is 0 Å². The summed E-state index contributed by atoms with van der Waals surface area (Å²) in [7, 11) is -3.46. The van der Waals surface area contributed by atoms with E-state index < -0.39 is 7.60 Å². The van der Waals surface area contributed by atoms with Crippen LogP contribution in [0.25, 0.3) is 0 Å². The van der Waals surface area contributed by atoms with Gasteiger partial charge in [-0.15, -0.1) is 0 Å². The average Bonchev–Trinajstić information content (AvgIpc) is 2.35. The third-order valence-corrected chi connectivity index (χ3v) is 3.15. The van der Waals surface area contributed by atoms with E-state index in [1.54, 1.807) is 4.68 Å². The zero-order chi connectivity index (χ0) is 13.4. The summed E-state index contributed by atoms with van der Waals surface area (Å²) in [6.45, 7) is 11.4. The summed E-state index contributed by atoms with van der Waals surface area (Å²) in [5, 5.41) is 4.34. The standard InChI is InChI=1S/C11H21N2O3P/c1-8-10(11(3,4)5)9(2)13(12-8)7-16-17(6,14)15/h7H2,1-6H3,(H,14,15). The van der Waals surface area contributed by atoms with Gasteiger partial charge in [-0.1, -0.05) is 20.8 Å². The van der Waals surface area contributed by atoms with Crippen molar-refractivity contribution in [2.24, 2.45) is 0 Å². The van der Waals surface area contributed by atoms with E-state index in [-0.39, 0.29) is 12.1 Å². The van der Waals surface area contributed by atoms with Crippen LogP contribution >= 0.6 is 7.60 Å². The predicted molar refractivity (Wildman–Crippen MR) is 67.2 cm³/mol. The molecule has 1 rings (SSSR count). The van der Waals surface area contributed by atoms with Crippen molar-refractivity contribution in [2.45, 2.75) is 46.8 Å². The van der Waals surface area contributed by atoms with Crippen molar-refractivity contribution in [1.82, 2.24) is 9.78 Å². The zero-order valence-corrected chi connectivity index (χ0v) is 12.2. The Morgan fingerprint density at radius 3 is 2.29 bits per heavy atom. The molecule has 1 N–H and O–H groups in total. The molecular formula is C11H21N2O3P. The van der Waals surface area contributed by atoms with Gasteiger partial charge in [-0.2, -0.15) is 5.10 Å². The van der Waals surface area contributed by atoms with Gasteiger partial charge in [0, 0.05) is 17.9 Å². The molecule has 1 atom stereocenters. The zero-order valence-electron chi connectivity index (χ0n) is 11.3. The lowest BCUT2D eigenvalue weighted by atomic mass is 9.85. The largest absolute Gasteiger partial charge is 0.326 e. The maximum atomic E-state index is 11.1. The van der Waals surface area contributed by atoms with Crippen molar-refractivity contribution in [3.8, 4) is 0 Å². The molecule has 0 saturated heterocycles. The van der Waals surface area contributed by atoms with Gasteiger partial charge in [0.05, 0.1) is 5.69 Å². The van der Waals surface area contributed by atoms with Crippen molar-refractivity contribution in [3.63, 3.8) is 0 Å². The van der Waals surface area contributed by atoms with Crippen LogP contribution in [-0.2, 0) is 21.2 Å². The fraction of sp³-hybridized carbons (Fsp3) is 0.727. The van der Waals surface area contributed by atoms with Crippen molar-refractivity contribution in [2.75, 3.05) is 6.66 Å². The molecule has 98 valence electrons. The van der Waals surface area contributed by atoms with Gasteiger partial charge in [-0.3, -0.25) is 9.09 Å². The Hall–Kier alpha value is -0.640. The average molecular weight is 260 g/mol. The fourth-order valence-electron chi connectivity index (χ4n) is 2.07. The molecule has 1 aromatic heterocycles. The SMILES string of the molecule is Cc1nn(COP(C)(=O)O)c(C)c1C(C)(C)C. The summed E-state index contributed by atoms with van der Waals surface area (Å²) in [5.41, 5.74) is 3.07. The van der Waals surface area contributed by atoms with E-state index >= 15 is 0 Å². The van der Waals surface area contributed by atoms with E-state index in [9.17, 15) is 4.57 Å². The van der Waals surface area contributed by atoms with Gasteiger partial charge in [0.15, 0.2) is 0 Å². The van der Waals surface area contributed by atoms with E-state index in [0.717, 1.165) is 17.0 Å². The molecule has 5 nitrogen and oxygen atoms in total. The number of hydrogen-bond acceptors (Lipinski definition) is 3. The Morgan fingerprint density at radius 1 is 1.41 bits per heavy atom. The minimum absolute atomic E-state index is 0.00153. The van der Waals surface area contributed by atoms with Crippen LogP contribution in [0.1, 0.15) is 37.7 Å². The van der Waals surface area contributed by atoms with Crippen LogP contribution in [0.15, 0.2) is 0 Å². The van der Waals surface area contributed by atoms with Gasteiger partial charge in [-0.25, -0.2) is 4.68 Å². The van der Waals surface area contributed by atoms with Crippen LogP contribution in [0.2, 0.25) is 0 Å². The molecule has 1 heterocycles. The molecule has 0 aromatic carbocycles. The maximum absolute atomic E-state index is 11.1. The molecule has 0 radical (unpaired) electrons. The Kier molecular flexibility index (Phi) is 3.87. The number of rotatable bonds is 3. The Labute approximate surface area is 102 Å². The lowest BCUT2D eigenvalue weighted by Gasteiger charge is -2.19. The molecule has 1 aromatic rings. The summed E-state index contributed by atoms with van der Waals surface area (Å²) in [4.78, 5) is 9.10. The highest BCUT2D eigenvalue weighted by molar-refractivity contribution is 7.51. The topological polar surface area (TPSA) is 64.4 Å². The monoisotopic (exact) mass is 260 g/mol. The Balaban J connectivity index is 3.02. The minimum Gasteiger partial charge on any atom is -0.324 e. The van der Waals surface area contributed by atoms with Crippen molar-refractivity contribution < 1.29 is 14.0 Å². The van der Waals surface area contributed by atoms with Crippen LogP contribution in [0.4, 0.5) is 0 Å². The van der Waals surface area contributed by atoms with E-state index in [1.807, 2.05) is 13.8 Å².